The van der Waals surface area contributed by atoms with Crippen LogP contribution in [0.5, 0.6) is 0 Å². The fourth-order valence-corrected chi connectivity index (χ4v) is 3.23. The molecule has 0 aliphatic carbocycles. The van der Waals surface area contributed by atoms with E-state index in [-0.39, 0.29) is 10.2 Å². The Hall–Kier alpha value is -1.60. The van der Waals surface area contributed by atoms with Crippen molar-refractivity contribution in [2.45, 2.75) is 19.9 Å². The van der Waals surface area contributed by atoms with Crippen molar-refractivity contribution in [2.75, 3.05) is 0 Å². The molecule has 1 aliphatic heterocycles. The van der Waals surface area contributed by atoms with Gasteiger partial charge in [-0.2, -0.15) is 0 Å². The molecule has 1 amide bonds. The molecule has 0 bridgehead atoms. The Morgan fingerprint density at radius 2 is 2.25 bits per heavy atom. The van der Waals surface area contributed by atoms with Gasteiger partial charge in [-0.25, -0.2) is 4.79 Å². The van der Waals surface area contributed by atoms with Crippen LogP contribution in [0.1, 0.15) is 19.6 Å². The third-order valence-electron chi connectivity index (χ3n) is 2.80. The van der Waals surface area contributed by atoms with Gasteiger partial charge in [-0.3, -0.25) is 9.69 Å². The van der Waals surface area contributed by atoms with E-state index >= 15 is 0 Å². The number of carbonyl (C=O) groups excluding carboxylic acids is 1. The lowest BCUT2D eigenvalue weighted by atomic mass is 10.0. The summed E-state index contributed by atoms with van der Waals surface area (Å²) in [6.45, 7) is 3.49. The second-order valence-electron chi connectivity index (χ2n) is 4.59. The molecule has 1 atom stereocenters. The zero-order valence-corrected chi connectivity index (χ0v) is 12.5. The molecule has 7 heteroatoms. The van der Waals surface area contributed by atoms with Crippen LogP contribution < -0.4 is 0 Å². The number of furan rings is 1. The van der Waals surface area contributed by atoms with E-state index in [0.29, 0.717) is 10.7 Å². The predicted molar refractivity (Wildman–Crippen MR) is 80.0 cm³/mol. The fraction of sp³-hybridized carbons (Fsp3) is 0.308. The Morgan fingerprint density at radius 1 is 1.55 bits per heavy atom. The number of hydrogen-bond donors (Lipinski definition) is 1. The molecule has 2 heterocycles. The molecule has 1 aromatic heterocycles. The minimum absolute atomic E-state index is 0.238. The van der Waals surface area contributed by atoms with Crippen molar-refractivity contribution in [3.05, 3.63) is 29.1 Å². The number of carbonyl (C=O) groups is 2. The van der Waals surface area contributed by atoms with E-state index in [2.05, 4.69) is 0 Å². The molecule has 106 valence electrons. The summed E-state index contributed by atoms with van der Waals surface area (Å²) < 4.78 is 5.41. The van der Waals surface area contributed by atoms with Crippen molar-refractivity contribution in [2.24, 2.45) is 5.92 Å². The number of thioether (sulfide) groups is 1. The Morgan fingerprint density at radius 3 is 2.75 bits per heavy atom. The van der Waals surface area contributed by atoms with Crippen molar-refractivity contribution in [3.8, 4) is 0 Å². The second-order valence-corrected chi connectivity index (χ2v) is 6.27. The maximum Gasteiger partial charge on any atom is 0.327 e. The molecule has 5 nitrogen and oxygen atoms in total. The summed E-state index contributed by atoms with van der Waals surface area (Å²) in [5, 5.41) is 9.28. The molecule has 2 rings (SSSR count). The van der Waals surface area contributed by atoms with Gasteiger partial charge < -0.3 is 9.52 Å². The van der Waals surface area contributed by atoms with Crippen molar-refractivity contribution in [1.29, 1.82) is 0 Å². The van der Waals surface area contributed by atoms with Crippen molar-refractivity contribution in [1.82, 2.24) is 4.90 Å². The third kappa shape index (κ3) is 2.78. The SMILES string of the molecule is CC(C)[C@H](C(=O)O)N1C(=O)/C(=C\c2ccco2)SC1=S. The van der Waals surface area contributed by atoms with Crippen LogP contribution in [-0.4, -0.2) is 32.2 Å². The van der Waals surface area contributed by atoms with E-state index in [1.807, 2.05) is 0 Å². The summed E-state index contributed by atoms with van der Waals surface area (Å²) in [6.07, 6.45) is 3.07. The van der Waals surface area contributed by atoms with Crippen molar-refractivity contribution < 1.29 is 19.1 Å². The van der Waals surface area contributed by atoms with Crippen LogP contribution in [0.2, 0.25) is 0 Å². The molecule has 1 aliphatic rings. The summed E-state index contributed by atoms with van der Waals surface area (Å²) in [7, 11) is 0. The number of carboxylic acids is 1. The number of rotatable bonds is 4. The van der Waals surface area contributed by atoms with E-state index in [4.69, 9.17) is 16.6 Å². The Bertz CT molecular complexity index is 577. The number of thiocarbonyl (C=S) groups is 1. The number of carboxylic acid groups (broad SMARTS) is 1. The molecule has 0 saturated carbocycles. The van der Waals surface area contributed by atoms with E-state index in [9.17, 15) is 14.7 Å². The molecule has 20 heavy (non-hydrogen) atoms. The van der Waals surface area contributed by atoms with Gasteiger partial charge in [0.05, 0.1) is 11.2 Å². The highest BCUT2D eigenvalue weighted by Crippen LogP contribution is 2.35. The Balaban J connectivity index is 2.31. The van der Waals surface area contributed by atoms with Gasteiger partial charge in [-0.05, 0) is 18.1 Å². The molecule has 1 aromatic rings. The minimum Gasteiger partial charge on any atom is -0.480 e. The average Bonchev–Trinajstić information content (AvgIpc) is 2.93. The van der Waals surface area contributed by atoms with Gasteiger partial charge in [-0.15, -0.1) is 0 Å². The van der Waals surface area contributed by atoms with Crippen LogP contribution in [0.4, 0.5) is 0 Å². The van der Waals surface area contributed by atoms with E-state index < -0.39 is 17.9 Å². The molecule has 0 radical (unpaired) electrons. The van der Waals surface area contributed by atoms with Crippen molar-refractivity contribution in [3.63, 3.8) is 0 Å². The zero-order chi connectivity index (χ0) is 14.9. The molecule has 0 unspecified atom stereocenters. The second kappa shape index (κ2) is 5.80. The lowest BCUT2D eigenvalue weighted by molar-refractivity contribution is -0.146. The van der Waals surface area contributed by atoms with Crippen LogP contribution in [0.15, 0.2) is 27.7 Å². The molecule has 1 N–H and O–H groups in total. The largest absolute Gasteiger partial charge is 0.480 e. The summed E-state index contributed by atoms with van der Waals surface area (Å²) in [6, 6.07) is 2.47. The standard InChI is InChI=1S/C13H13NO4S2/c1-7(2)10(12(16)17)14-11(15)9(20-13(14)19)6-8-4-3-5-18-8/h3-7,10H,1-2H3,(H,16,17)/b9-6+/t10-/m1/s1. The number of nitrogens with zero attached hydrogens (tertiary/aromatic N) is 1. The third-order valence-corrected chi connectivity index (χ3v) is 4.13. The highest BCUT2D eigenvalue weighted by Gasteiger charge is 2.41. The topological polar surface area (TPSA) is 70.8 Å². The monoisotopic (exact) mass is 311 g/mol. The molecule has 0 spiro atoms. The van der Waals surface area contributed by atoms with Crippen LogP contribution in [-0.2, 0) is 9.59 Å². The maximum absolute atomic E-state index is 12.3. The van der Waals surface area contributed by atoms with Gasteiger partial charge in [-0.1, -0.05) is 37.8 Å². The lowest BCUT2D eigenvalue weighted by Crippen LogP contribution is -2.47. The first kappa shape index (κ1) is 14.8. The normalized spacial score (nSPS) is 19.1. The van der Waals surface area contributed by atoms with Crippen LogP contribution in [0.3, 0.4) is 0 Å². The predicted octanol–water partition coefficient (Wildman–Crippen LogP) is 2.59. The average molecular weight is 311 g/mol. The maximum atomic E-state index is 12.3. The van der Waals surface area contributed by atoms with Gasteiger partial charge in [0.15, 0.2) is 0 Å². The lowest BCUT2D eigenvalue weighted by Gasteiger charge is -2.26. The highest BCUT2D eigenvalue weighted by molar-refractivity contribution is 8.26. The van der Waals surface area contributed by atoms with Gasteiger partial charge in [0, 0.05) is 6.08 Å². The van der Waals surface area contributed by atoms with Crippen molar-refractivity contribution >= 4 is 46.3 Å². The fourth-order valence-electron chi connectivity index (χ4n) is 1.92. The van der Waals surface area contributed by atoms with Gasteiger partial charge >= 0.3 is 5.97 Å². The Kier molecular flexibility index (Phi) is 4.29. The summed E-state index contributed by atoms with van der Waals surface area (Å²) in [5.74, 6) is -1.16. The van der Waals surface area contributed by atoms with Crippen LogP contribution in [0, 0.1) is 5.92 Å². The van der Waals surface area contributed by atoms with Gasteiger partial charge in [0.2, 0.25) is 0 Å². The number of aliphatic carboxylic acids is 1. The molecular weight excluding hydrogens is 298 g/mol. The van der Waals surface area contributed by atoms with E-state index in [0.717, 1.165) is 11.8 Å². The summed E-state index contributed by atoms with van der Waals surface area (Å²) in [4.78, 5) is 25.2. The minimum atomic E-state index is -1.06. The van der Waals surface area contributed by atoms with E-state index in [1.54, 1.807) is 32.1 Å². The number of amides is 1. The molecular formula is C13H13NO4S2. The first-order valence-corrected chi connectivity index (χ1v) is 7.17. The van der Waals surface area contributed by atoms with E-state index in [1.165, 1.54) is 11.2 Å². The molecule has 1 saturated heterocycles. The molecule has 0 aromatic carbocycles. The zero-order valence-electron chi connectivity index (χ0n) is 10.9. The summed E-state index contributed by atoms with van der Waals surface area (Å²) in [5.41, 5.74) is 0. The smallest absolute Gasteiger partial charge is 0.327 e. The number of hydrogen-bond acceptors (Lipinski definition) is 5. The molecule has 1 fully saturated rings. The van der Waals surface area contributed by atoms with Gasteiger partial charge in [0.25, 0.3) is 5.91 Å². The Labute approximate surface area is 125 Å². The quantitative estimate of drug-likeness (QED) is 0.681. The summed E-state index contributed by atoms with van der Waals surface area (Å²) >= 11 is 6.23. The van der Waals surface area contributed by atoms with Gasteiger partial charge in [0.1, 0.15) is 16.1 Å². The first-order valence-electron chi connectivity index (χ1n) is 5.95. The van der Waals surface area contributed by atoms with Crippen LogP contribution in [0.25, 0.3) is 6.08 Å². The highest BCUT2D eigenvalue weighted by atomic mass is 32.2. The van der Waals surface area contributed by atoms with Crippen LogP contribution >= 0.6 is 24.0 Å². The first-order chi connectivity index (χ1) is 9.41.